The Morgan fingerprint density at radius 2 is 0.808 bits per heavy atom. The summed E-state index contributed by atoms with van der Waals surface area (Å²) in [5, 5.41) is 56.8. The second-order valence-electron chi connectivity index (χ2n) is 25.0. The van der Waals surface area contributed by atoms with Gasteiger partial charge in [-0.15, -0.1) is 13.2 Å². The van der Waals surface area contributed by atoms with Crippen LogP contribution in [0.4, 0.5) is 63.1 Å². The third-order valence-electron chi connectivity index (χ3n) is 16.5. The molecule has 654 valence electrons. The number of hydrogen-bond donors (Lipinski definition) is 6. The summed E-state index contributed by atoms with van der Waals surface area (Å²) in [6.07, 6.45) is -3.65. The van der Waals surface area contributed by atoms with Crippen molar-refractivity contribution in [3.63, 3.8) is 0 Å². The molecule has 47 heteroatoms. The van der Waals surface area contributed by atoms with Crippen molar-refractivity contribution >= 4 is 254 Å². The number of phenols is 6. The van der Waals surface area contributed by atoms with E-state index in [1.807, 2.05) is 0 Å². The molecule has 8 amide bonds. The number of allylic oxidation sites excluding steroid dienone is 2. The molecule has 6 aliphatic rings. The number of nitrogens with zero attached hydrogens (tertiary/aromatic N) is 6. The van der Waals surface area contributed by atoms with Crippen molar-refractivity contribution in [2.24, 2.45) is 0 Å². The standard InChI is InChI=1S/C16H9BrF3NO2S.C15H7BrF3NO2S.C12H7BrF3NO4S.C12H9BrFNO4S.C12H10ClNO4S.C11H8BrNO3S/c17-11-6-12(22)9(7-16(18,19)20)4-8(11)5-13-14(23)10-2-1-3-21-15(10)24-13;16-10-6-11(21)9(15(17,18)19)4-7(10)5-12-13(22)8-2-1-3-20-14(8)23-12;1-17-10(19)9(22-11(17)20)3-5-2-8(21-12(14,15)16)7(18)4-6(5)13;1-15-11(17)7(20-12(15)18)4-5-3-6(19-2)10(16)9(14)8(5)13;1-14-11(16)10(19-12(14)17)4-6-3-9(18-2)8(15)5-7(6)13;1-13-10(15)9(17-11(13)16)4-6-2-3-7(14)5-8(6)12/h1-6,22H,7H2;1-6,21H;2-4,18H,1H3;3-4,16H,1-2H3;3-5,15H,1-2H3;2-5,14H,1H3/b13-5-;12-5-;9-3-;7-4-;10-4-;9-4-. The lowest BCUT2D eigenvalue weighted by Crippen LogP contribution is -2.22. The van der Waals surface area contributed by atoms with Crippen LogP contribution >= 0.6 is 162 Å². The van der Waals surface area contributed by atoms with E-state index in [9.17, 15) is 122 Å². The van der Waals surface area contributed by atoms with Crippen LogP contribution in [-0.4, -0.2) is 171 Å². The Kier molecular flexibility index (Phi) is 32.8. The highest BCUT2D eigenvalue weighted by molar-refractivity contribution is 9.11. The summed E-state index contributed by atoms with van der Waals surface area (Å²) in [5.74, 6) is -6.35. The van der Waals surface area contributed by atoms with Gasteiger partial charge in [0, 0.05) is 70.1 Å². The Morgan fingerprint density at radius 3 is 1.22 bits per heavy atom. The van der Waals surface area contributed by atoms with E-state index >= 15 is 0 Å². The van der Waals surface area contributed by atoms with Gasteiger partial charge in [0.2, 0.25) is 11.6 Å². The molecule has 6 aliphatic heterocycles. The van der Waals surface area contributed by atoms with Crippen LogP contribution in [-0.2, 0) is 31.8 Å². The first-order chi connectivity index (χ1) is 58.4. The molecule has 8 heterocycles. The third kappa shape index (κ3) is 24.7. The lowest BCUT2D eigenvalue weighted by molar-refractivity contribution is -0.275. The molecule has 0 saturated carbocycles. The van der Waals surface area contributed by atoms with Crippen LogP contribution in [0.2, 0.25) is 5.02 Å². The summed E-state index contributed by atoms with van der Waals surface area (Å²) in [4.78, 5) is 131. The van der Waals surface area contributed by atoms with E-state index in [4.69, 9.17) is 21.1 Å². The van der Waals surface area contributed by atoms with Crippen LogP contribution in [0, 0.1) is 5.82 Å². The lowest BCUT2D eigenvalue weighted by atomic mass is 10.0. The first-order valence-electron chi connectivity index (χ1n) is 33.8. The van der Waals surface area contributed by atoms with Gasteiger partial charge in [-0.1, -0.05) is 105 Å². The van der Waals surface area contributed by atoms with Crippen LogP contribution in [0.15, 0.2) is 171 Å². The Hall–Kier alpha value is -9.75. The van der Waals surface area contributed by atoms with Gasteiger partial charge in [-0.2, -0.15) is 26.3 Å². The highest BCUT2D eigenvalue weighted by Gasteiger charge is 2.40. The first-order valence-corrected chi connectivity index (χ1v) is 43.0. The van der Waals surface area contributed by atoms with Gasteiger partial charge in [0.25, 0.3) is 44.6 Å². The summed E-state index contributed by atoms with van der Waals surface area (Å²) >= 11 is 27.1. The Balaban J connectivity index is 0.000000170. The quantitative estimate of drug-likeness (QED) is 0.0547. The average Bonchev–Trinajstić information content (AvgIpc) is 1.75. The van der Waals surface area contributed by atoms with Crippen LogP contribution < -0.4 is 14.2 Å². The zero-order valence-corrected chi connectivity index (χ0v) is 76.8. The maximum absolute atomic E-state index is 13.8. The van der Waals surface area contributed by atoms with Crippen molar-refractivity contribution in [1.29, 1.82) is 0 Å². The number of carbonyl (C=O) groups excluding carboxylic acids is 10. The summed E-state index contributed by atoms with van der Waals surface area (Å²) in [7, 11) is 8.22. The third-order valence-corrected chi connectivity index (χ3v) is 26.4. The second-order valence-corrected chi connectivity index (χ2v) is 35.7. The molecule has 8 aromatic rings. The average molecular weight is 2190 g/mol. The number of halogens is 16. The number of Topliss-reactive ketones (excluding diaryl/α,β-unsaturated/α-hetero) is 2. The minimum Gasteiger partial charge on any atom is -0.508 e. The molecule has 0 radical (unpaired) electrons. The van der Waals surface area contributed by atoms with Crippen LogP contribution in [0.5, 0.6) is 51.7 Å². The number of alkyl halides is 9. The molecule has 14 rings (SSSR count). The number of aromatic hydroxyl groups is 6. The number of likely N-dealkylation sites (N-methyl/N-ethyl adjacent to an activating group) is 4. The second kappa shape index (κ2) is 41.3. The SMILES string of the molecule is CN1C(=O)S/C(=C\c2cc(OC(F)(F)F)c(O)cc2Br)C1=O.CN1C(=O)S/C(=C\c2ccc(O)cc2Br)C1=O.COc1cc(/C=C2\SC(=O)N(C)C2=O)c(Br)c(F)c1O.COc1cc(/C=C2\SC(=O)N(C)C2=O)c(Cl)cc1O.O=C1/C(=C/c2cc(C(F)(F)F)c(O)cc2Br)Sc2ncccc21.O=C1/C(=C/c2cc(CC(F)(F)F)c(O)cc2Br)Sc2ncccc21. The monoisotopic (exact) mass is 2190 g/mol. The summed E-state index contributed by atoms with van der Waals surface area (Å²) < 4.78 is 142. The number of ether oxygens (including phenoxy) is 3. The van der Waals surface area contributed by atoms with Crippen molar-refractivity contribution in [2.45, 2.75) is 35.2 Å². The fourth-order valence-corrected chi connectivity index (χ4v) is 18.0. The number of imide groups is 4. The molecule has 6 N–H and O–H groups in total. The molecule has 2 aromatic heterocycles. The molecule has 0 bridgehead atoms. The van der Waals surface area contributed by atoms with Gasteiger partial charge in [-0.25, -0.2) is 14.4 Å². The molecule has 0 aliphatic carbocycles. The number of methoxy groups -OCH3 is 2. The van der Waals surface area contributed by atoms with E-state index < -0.39 is 87.6 Å². The number of carbonyl (C=O) groups is 10. The van der Waals surface area contributed by atoms with Crippen LogP contribution in [0.25, 0.3) is 36.5 Å². The number of amides is 8. The van der Waals surface area contributed by atoms with Gasteiger partial charge < -0.3 is 44.8 Å². The largest absolute Gasteiger partial charge is 0.573 e. The van der Waals surface area contributed by atoms with Crippen molar-refractivity contribution in [1.82, 2.24) is 29.6 Å². The van der Waals surface area contributed by atoms with Gasteiger partial charge in [-0.3, -0.25) is 67.5 Å². The predicted molar refractivity (Wildman–Crippen MR) is 466 cm³/mol. The predicted octanol–water partition coefficient (Wildman–Crippen LogP) is 22.1. The fraction of sp³-hybridized carbons (Fsp3) is 0.128. The van der Waals surface area contributed by atoms with E-state index in [0.29, 0.717) is 62.8 Å². The highest BCUT2D eigenvalue weighted by Crippen LogP contribution is 2.48. The van der Waals surface area contributed by atoms with Crippen LogP contribution in [0.3, 0.4) is 0 Å². The number of thioether (sulfide) groups is 6. The van der Waals surface area contributed by atoms with E-state index in [2.05, 4.69) is 94.4 Å². The zero-order chi connectivity index (χ0) is 92.7. The normalized spacial score (nSPS) is 16.9. The molecule has 6 aromatic carbocycles. The number of hydrogen-bond acceptors (Lipinski definition) is 27. The first kappa shape index (κ1) is 99.0. The molecule has 4 saturated heterocycles. The number of aromatic nitrogens is 2. The molecular formula is C78H50Br5ClF10N6O19S6. The molecule has 0 atom stereocenters. The molecular weight excluding hydrogens is 2140 g/mol. The maximum Gasteiger partial charge on any atom is 0.573 e. The molecule has 4 fully saturated rings. The lowest BCUT2D eigenvalue weighted by Gasteiger charge is -2.12. The number of ketones is 2. The van der Waals surface area contributed by atoms with Gasteiger partial charge >= 0.3 is 18.7 Å². The summed E-state index contributed by atoms with van der Waals surface area (Å²) in [6.45, 7) is 0. The minimum absolute atomic E-state index is 0.0151. The molecule has 0 spiro atoms. The maximum atomic E-state index is 13.8. The Bertz CT molecular complexity index is 6040. The van der Waals surface area contributed by atoms with E-state index in [1.54, 1.807) is 48.8 Å². The smallest absolute Gasteiger partial charge is 0.508 e. The fourth-order valence-electron chi connectivity index (χ4n) is 10.3. The van der Waals surface area contributed by atoms with Crippen molar-refractivity contribution in [2.75, 3.05) is 42.4 Å². The minimum atomic E-state index is -4.97. The zero-order valence-electron chi connectivity index (χ0n) is 63.2. The van der Waals surface area contributed by atoms with Crippen molar-refractivity contribution in [3.05, 3.63) is 228 Å². The Labute approximate surface area is 771 Å². The van der Waals surface area contributed by atoms with Gasteiger partial charge in [0.15, 0.2) is 40.3 Å². The van der Waals surface area contributed by atoms with Gasteiger partial charge in [0.05, 0.1) is 76.3 Å². The highest BCUT2D eigenvalue weighted by atomic mass is 79.9. The number of phenolic OH excluding ortho intramolecular Hbond substituents is 6. The topological polar surface area (TPSA) is 359 Å². The number of benzene rings is 6. The molecule has 0 unspecified atom stereocenters. The summed E-state index contributed by atoms with van der Waals surface area (Å²) in [6, 6.07) is 21.6. The van der Waals surface area contributed by atoms with E-state index in [1.165, 1.54) is 127 Å². The number of pyridine rings is 2. The summed E-state index contributed by atoms with van der Waals surface area (Å²) in [5.41, 5.74) is 1.70. The van der Waals surface area contributed by atoms with E-state index in [0.717, 1.165) is 96.5 Å². The van der Waals surface area contributed by atoms with Gasteiger partial charge in [0.1, 0.15) is 27.3 Å². The van der Waals surface area contributed by atoms with Crippen molar-refractivity contribution in [3.8, 4) is 51.7 Å². The van der Waals surface area contributed by atoms with E-state index in [-0.39, 0.29) is 117 Å². The van der Waals surface area contributed by atoms with Crippen LogP contribution in [0.1, 0.15) is 65.2 Å². The van der Waals surface area contributed by atoms with Gasteiger partial charge in [-0.05, 0) is 218 Å². The number of fused-ring (bicyclic) bond motifs is 2. The number of rotatable bonds is 10. The Morgan fingerprint density at radius 1 is 0.432 bits per heavy atom. The van der Waals surface area contributed by atoms with Crippen molar-refractivity contribution < 1.29 is 137 Å². The molecule has 25 nitrogen and oxygen atoms in total. The molecule has 125 heavy (non-hydrogen) atoms.